The van der Waals surface area contributed by atoms with Gasteiger partial charge in [-0.15, -0.1) is 0 Å². The van der Waals surface area contributed by atoms with E-state index in [1.807, 2.05) is 0 Å². The third-order valence-electron chi connectivity index (χ3n) is 17.7. The molecule has 0 spiro atoms. The second-order valence-corrected chi connectivity index (χ2v) is 24.0. The summed E-state index contributed by atoms with van der Waals surface area (Å²) in [5.41, 5.74) is 8.86. The third kappa shape index (κ3) is 16.4. The summed E-state index contributed by atoms with van der Waals surface area (Å²) in [6.45, 7) is 28.5. The molecule has 14 heteroatoms. The van der Waals surface area contributed by atoms with Crippen molar-refractivity contribution in [3.63, 3.8) is 0 Å². The molecule has 6 saturated heterocycles. The maximum atomic E-state index is 12.3. The van der Waals surface area contributed by atoms with Crippen LogP contribution >= 0.6 is 0 Å². The number of rotatable bonds is 29. The van der Waals surface area contributed by atoms with Crippen molar-refractivity contribution < 1.29 is 66.4 Å². The minimum Gasteiger partial charge on any atom is -0.461 e. The zero-order chi connectivity index (χ0) is 56.4. The third-order valence-corrected chi connectivity index (χ3v) is 17.7. The number of hydrogen-bond donors (Lipinski definition) is 0. The van der Waals surface area contributed by atoms with Crippen LogP contribution in [0, 0.1) is 32.5 Å². The molecule has 10 rings (SSSR count). The molecule has 438 valence electrons. The van der Waals surface area contributed by atoms with E-state index in [0.29, 0.717) is 77.2 Å². The Morgan fingerprint density at radius 1 is 0.338 bits per heavy atom. The van der Waals surface area contributed by atoms with Crippen LogP contribution in [-0.2, 0) is 83.3 Å². The first-order valence-corrected chi connectivity index (χ1v) is 29.3. The molecule has 0 atom stereocenters. The van der Waals surface area contributed by atoms with Crippen molar-refractivity contribution in [2.24, 2.45) is 32.5 Å². The Morgan fingerprint density at radius 2 is 0.562 bits per heavy atom. The number of esters is 2. The highest BCUT2D eigenvalue weighted by atomic mass is 16.6. The molecule has 0 bridgehead atoms. The molecule has 4 aromatic carbocycles. The molecular formula is C66H90O14. The van der Waals surface area contributed by atoms with E-state index in [-0.39, 0.29) is 32.5 Å². The molecule has 6 fully saturated rings. The van der Waals surface area contributed by atoms with E-state index in [0.717, 1.165) is 118 Å². The smallest absolute Gasteiger partial charge is 0.338 e. The second kappa shape index (κ2) is 29.1. The van der Waals surface area contributed by atoms with Crippen molar-refractivity contribution in [3.05, 3.63) is 130 Å². The van der Waals surface area contributed by atoms with E-state index in [1.165, 1.54) is 39.4 Å². The van der Waals surface area contributed by atoms with Crippen LogP contribution in [0.25, 0.3) is 11.1 Å². The Kier molecular flexibility index (Phi) is 22.4. The molecule has 0 radical (unpaired) electrons. The van der Waals surface area contributed by atoms with Gasteiger partial charge in [-0.2, -0.15) is 0 Å². The van der Waals surface area contributed by atoms with E-state index >= 15 is 0 Å². The first-order chi connectivity index (χ1) is 38.9. The summed E-state index contributed by atoms with van der Waals surface area (Å²) < 4.78 is 66.4. The van der Waals surface area contributed by atoms with Crippen LogP contribution in [0.15, 0.2) is 97.1 Å². The van der Waals surface area contributed by atoms with E-state index in [9.17, 15) is 9.59 Å². The number of hydrogen-bond acceptors (Lipinski definition) is 14. The van der Waals surface area contributed by atoms with Gasteiger partial charge in [0.05, 0.1) is 154 Å². The number of benzene rings is 4. The zero-order valence-corrected chi connectivity index (χ0v) is 48.8. The maximum Gasteiger partial charge on any atom is 0.338 e. The molecule has 6 aliphatic rings. The Labute approximate surface area is 476 Å². The van der Waals surface area contributed by atoms with Gasteiger partial charge in [-0.05, 0) is 90.1 Å². The van der Waals surface area contributed by atoms with Crippen LogP contribution in [0.4, 0.5) is 0 Å². The van der Waals surface area contributed by atoms with E-state index in [4.69, 9.17) is 56.8 Å². The fourth-order valence-corrected chi connectivity index (χ4v) is 9.92. The Balaban J connectivity index is 0.000000159. The van der Waals surface area contributed by atoms with Gasteiger partial charge in [0, 0.05) is 21.7 Å². The second-order valence-electron chi connectivity index (χ2n) is 24.0. The Morgan fingerprint density at radius 3 is 0.775 bits per heavy atom. The normalized spacial score (nSPS) is 19.9. The van der Waals surface area contributed by atoms with Gasteiger partial charge in [0.25, 0.3) is 0 Å². The van der Waals surface area contributed by atoms with Crippen LogP contribution in [0.3, 0.4) is 0 Å². The standard InChI is InChI=1S/C26H34O4.C20H26O6.C20H30O4/c1-3-25(17-29-18-25)15-27-13-21-5-9-23(10-6-21)24-11-7-22(8-12-24)14-28-16-26(4-2)19-30-20-26;1-3-19(9-23-10-19)13-25-17(21)15-6-5-7-16(8-15)18(22)26-14-20(4-2)11-24-12-20;1-3-19(13-23-14-19)11-21-9-17-5-7-18(8-6-17)10-22-12-20(4-2)15-24-16-20/h5-12H,3-4,13-20H2,1-2H3;5-8H,3-4,9-14H2,1-2H3;5-8H,3-4,9-16H2,1-2H3. The topological polar surface area (TPSA) is 145 Å². The fraction of sp³-hybridized carbons (Fsp3) is 0.606. The summed E-state index contributed by atoms with van der Waals surface area (Å²) in [5.74, 6) is -0.867. The van der Waals surface area contributed by atoms with Gasteiger partial charge in [-0.1, -0.05) is 120 Å². The molecular weight excluding hydrogens is 1020 g/mol. The van der Waals surface area contributed by atoms with Crippen molar-refractivity contribution in [1.29, 1.82) is 0 Å². The Bertz CT molecular complexity index is 2300. The van der Waals surface area contributed by atoms with Gasteiger partial charge in [0.15, 0.2) is 0 Å². The van der Waals surface area contributed by atoms with Crippen LogP contribution in [0.2, 0.25) is 0 Å². The van der Waals surface area contributed by atoms with Crippen molar-refractivity contribution in [2.75, 3.05) is 119 Å². The van der Waals surface area contributed by atoms with Crippen LogP contribution in [-0.4, -0.2) is 131 Å². The van der Waals surface area contributed by atoms with Crippen molar-refractivity contribution in [2.45, 2.75) is 106 Å². The molecule has 0 amide bonds. The lowest BCUT2D eigenvalue weighted by Gasteiger charge is -2.40. The maximum absolute atomic E-state index is 12.3. The lowest BCUT2D eigenvalue weighted by atomic mass is 9.84. The molecule has 6 aliphatic heterocycles. The van der Waals surface area contributed by atoms with Crippen molar-refractivity contribution >= 4 is 11.9 Å². The lowest BCUT2D eigenvalue weighted by molar-refractivity contribution is -0.152. The SMILES string of the molecule is CCC1(COC(=O)c2cccc(C(=O)OCC3(CC)COC3)c2)COC1.CCC1(COCc2ccc(-c3ccc(COCC4(CC)COC4)cc3)cc2)COC1.CCC1(COCc2ccc(COCC3(CC)COC3)cc2)COC1. The van der Waals surface area contributed by atoms with Gasteiger partial charge in [0.2, 0.25) is 0 Å². The van der Waals surface area contributed by atoms with Crippen LogP contribution < -0.4 is 0 Å². The summed E-state index contributed by atoms with van der Waals surface area (Å²) in [6.07, 6.45) is 6.26. The average molecular weight is 1110 g/mol. The summed E-state index contributed by atoms with van der Waals surface area (Å²) >= 11 is 0. The molecule has 0 aliphatic carbocycles. The van der Waals surface area contributed by atoms with Crippen molar-refractivity contribution in [1.82, 2.24) is 0 Å². The molecule has 4 aromatic rings. The molecule has 0 aromatic heterocycles. The van der Waals surface area contributed by atoms with E-state index in [2.05, 4.69) is 114 Å². The van der Waals surface area contributed by atoms with Gasteiger partial charge >= 0.3 is 11.9 Å². The molecule has 6 heterocycles. The number of carbonyl (C=O) groups excluding carboxylic acids is 2. The molecule has 0 unspecified atom stereocenters. The minimum absolute atomic E-state index is 0.0640. The van der Waals surface area contributed by atoms with Crippen molar-refractivity contribution in [3.8, 4) is 11.1 Å². The largest absolute Gasteiger partial charge is 0.461 e. The van der Waals surface area contributed by atoms with Gasteiger partial charge in [0.1, 0.15) is 13.2 Å². The predicted octanol–water partition coefficient (Wildman–Crippen LogP) is 11.7. The number of carbonyl (C=O) groups is 2. The highest BCUT2D eigenvalue weighted by Gasteiger charge is 2.41. The molecule has 0 N–H and O–H groups in total. The predicted molar refractivity (Wildman–Crippen MR) is 305 cm³/mol. The first-order valence-electron chi connectivity index (χ1n) is 29.3. The molecule has 80 heavy (non-hydrogen) atoms. The van der Waals surface area contributed by atoms with Gasteiger partial charge in [-0.25, -0.2) is 9.59 Å². The van der Waals surface area contributed by atoms with Gasteiger partial charge in [-0.3, -0.25) is 0 Å². The molecule has 14 nitrogen and oxygen atoms in total. The van der Waals surface area contributed by atoms with Crippen LogP contribution in [0.5, 0.6) is 0 Å². The van der Waals surface area contributed by atoms with Gasteiger partial charge < -0.3 is 56.8 Å². The summed E-state index contributed by atoms with van der Waals surface area (Å²) in [4.78, 5) is 24.6. The summed E-state index contributed by atoms with van der Waals surface area (Å²) in [6, 6.07) is 32.3. The van der Waals surface area contributed by atoms with E-state index in [1.54, 1.807) is 18.2 Å². The monoisotopic (exact) mass is 1110 g/mol. The first kappa shape index (κ1) is 61.5. The quantitative estimate of drug-likeness (QED) is 0.0475. The molecule has 0 saturated carbocycles. The minimum atomic E-state index is -0.434. The fourth-order valence-electron chi connectivity index (χ4n) is 9.92. The Hall–Kier alpha value is -4.58. The lowest BCUT2D eigenvalue weighted by Crippen LogP contribution is -2.46. The van der Waals surface area contributed by atoms with Crippen LogP contribution in [0.1, 0.15) is 123 Å². The average Bonchev–Trinajstić information content (AvgIpc) is 3.43. The highest BCUT2D eigenvalue weighted by molar-refractivity contribution is 5.95. The summed E-state index contributed by atoms with van der Waals surface area (Å²) in [7, 11) is 0. The number of ether oxygens (including phenoxy) is 12. The van der Waals surface area contributed by atoms with E-state index < -0.39 is 11.9 Å². The highest BCUT2D eigenvalue weighted by Crippen LogP contribution is 2.36. The zero-order valence-electron chi connectivity index (χ0n) is 48.8. The summed E-state index contributed by atoms with van der Waals surface area (Å²) in [5, 5.41) is 0.